The summed E-state index contributed by atoms with van der Waals surface area (Å²) in [5.74, 6) is 0.889. The summed E-state index contributed by atoms with van der Waals surface area (Å²) in [5.41, 5.74) is 4.62. The van der Waals surface area contributed by atoms with Crippen LogP contribution in [0.5, 0.6) is 0 Å². The van der Waals surface area contributed by atoms with Crippen molar-refractivity contribution in [2.75, 3.05) is 0 Å². The number of rotatable bonds is 3. The van der Waals surface area contributed by atoms with Crippen molar-refractivity contribution in [3.8, 4) is 0 Å². The highest BCUT2D eigenvalue weighted by molar-refractivity contribution is 6.48. The van der Waals surface area contributed by atoms with E-state index in [2.05, 4.69) is 39.0 Å². The second-order valence-corrected chi connectivity index (χ2v) is 3.82. The van der Waals surface area contributed by atoms with E-state index in [0.29, 0.717) is 10.2 Å². The van der Waals surface area contributed by atoms with E-state index in [-0.39, 0.29) is 0 Å². The van der Waals surface area contributed by atoms with Gasteiger partial charge in [0.25, 0.3) is 0 Å². The SMILES string of the molecule is CCc1cccc(CC)c1CC.O=C[SiH3]. The predicted octanol–water partition coefficient (Wildman–Crippen LogP) is 1.92. The highest BCUT2D eigenvalue weighted by Gasteiger charge is 2.02. The van der Waals surface area contributed by atoms with Crippen LogP contribution in [0, 0.1) is 0 Å². The molecule has 0 radical (unpaired) electrons. The molecule has 0 saturated heterocycles. The molecule has 0 spiro atoms. The molecule has 2 heteroatoms. The Morgan fingerprint density at radius 1 is 1.07 bits per heavy atom. The zero-order chi connectivity index (χ0) is 11.7. The van der Waals surface area contributed by atoms with Crippen molar-refractivity contribution in [1.82, 2.24) is 0 Å². The van der Waals surface area contributed by atoms with Crippen LogP contribution < -0.4 is 0 Å². The summed E-state index contributed by atoms with van der Waals surface area (Å²) in [7, 11) is 0.688. The fourth-order valence-corrected chi connectivity index (χ4v) is 1.80. The molecule has 0 fully saturated rings. The van der Waals surface area contributed by atoms with E-state index in [1.807, 2.05) is 0 Å². The van der Waals surface area contributed by atoms with Gasteiger partial charge in [-0.3, -0.25) is 0 Å². The van der Waals surface area contributed by atoms with Crippen LogP contribution in [-0.4, -0.2) is 16.2 Å². The van der Waals surface area contributed by atoms with Crippen LogP contribution in [0.4, 0.5) is 0 Å². The van der Waals surface area contributed by atoms with Gasteiger partial charge in [-0.25, -0.2) is 0 Å². The third kappa shape index (κ3) is 4.43. The first-order chi connectivity index (χ1) is 7.24. The molecule has 0 N–H and O–H groups in total. The Morgan fingerprint density at radius 3 is 1.73 bits per heavy atom. The molecular weight excluding hydrogens is 200 g/mol. The molecule has 15 heavy (non-hydrogen) atoms. The van der Waals surface area contributed by atoms with Crippen molar-refractivity contribution in [2.24, 2.45) is 0 Å². The van der Waals surface area contributed by atoms with Gasteiger partial charge in [-0.15, -0.1) is 0 Å². The average molecular weight is 222 g/mol. The van der Waals surface area contributed by atoms with E-state index in [1.165, 1.54) is 17.5 Å². The Hall–Kier alpha value is -0.893. The Kier molecular flexibility index (Phi) is 7.92. The molecule has 0 saturated carbocycles. The summed E-state index contributed by atoms with van der Waals surface area (Å²) in [5, 5.41) is 0. The third-order valence-electron chi connectivity index (χ3n) is 2.49. The minimum atomic E-state index is 0.688. The number of carbonyl (C=O) groups excluding carboxylic acids is 1. The van der Waals surface area contributed by atoms with Crippen LogP contribution in [0.15, 0.2) is 18.2 Å². The van der Waals surface area contributed by atoms with Gasteiger partial charge in [0.1, 0.15) is 0 Å². The molecular formula is C13H22OSi. The Labute approximate surface area is 96.3 Å². The molecule has 84 valence electrons. The van der Waals surface area contributed by atoms with E-state index < -0.39 is 0 Å². The quantitative estimate of drug-likeness (QED) is 0.564. The van der Waals surface area contributed by atoms with Gasteiger partial charge in [0, 0.05) is 0 Å². The molecule has 0 bridgehead atoms. The largest absolute Gasteiger partial charge is 0.310 e. The number of hydrogen-bond acceptors (Lipinski definition) is 1. The fraction of sp³-hybridized carbons (Fsp3) is 0.462. The standard InChI is InChI=1S/C12H18.CH4OSi/c1-4-10-8-7-9-11(5-2)12(10)6-3;2-1-3/h7-9H,4-6H2,1-3H3;1H,3H3. The van der Waals surface area contributed by atoms with Crippen molar-refractivity contribution in [1.29, 1.82) is 0 Å². The molecule has 0 atom stereocenters. The zero-order valence-electron chi connectivity index (χ0n) is 10.3. The van der Waals surface area contributed by atoms with Crippen molar-refractivity contribution >= 4 is 16.2 Å². The van der Waals surface area contributed by atoms with Gasteiger partial charge < -0.3 is 4.79 Å². The lowest BCUT2D eigenvalue weighted by Crippen LogP contribution is -1.96. The van der Waals surface area contributed by atoms with E-state index in [9.17, 15) is 0 Å². The molecule has 0 heterocycles. The molecule has 0 aliphatic carbocycles. The van der Waals surface area contributed by atoms with Crippen LogP contribution in [0.1, 0.15) is 37.5 Å². The van der Waals surface area contributed by atoms with Crippen LogP contribution in [-0.2, 0) is 24.1 Å². The maximum Gasteiger partial charge on any atom is 0.0881 e. The van der Waals surface area contributed by atoms with Crippen LogP contribution in [0.25, 0.3) is 0 Å². The second-order valence-electron chi connectivity index (χ2n) is 3.35. The molecule has 0 amide bonds. The number of aryl methyl sites for hydroxylation is 2. The molecule has 0 unspecified atom stereocenters. The van der Waals surface area contributed by atoms with Crippen molar-refractivity contribution in [3.05, 3.63) is 34.9 Å². The number of benzene rings is 1. The molecule has 1 aromatic carbocycles. The highest BCUT2D eigenvalue weighted by Crippen LogP contribution is 2.16. The number of hydrogen-bond donors (Lipinski definition) is 0. The van der Waals surface area contributed by atoms with Gasteiger partial charge in [0.15, 0.2) is 0 Å². The molecule has 0 aliphatic heterocycles. The van der Waals surface area contributed by atoms with E-state index in [4.69, 9.17) is 4.79 Å². The minimum Gasteiger partial charge on any atom is -0.310 e. The minimum absolute atomic E-state index is 0.688. The summed E-state index contributed by atoms with van der Waals surface area (Å²) in [6.07, 6.45) is 3.50. The van der Waals surface area contributed by atoms with Gasteiger partial charge in [-0.2, -0.15) is 0 Å². The maximum absolute atomic E-state index is 8.87. The molecule has 1 rings (SSSR count). The number of carbonyl (C=O) groups is 1. The lowest BCUT2D eigenvalue weighted by atomic mass is 9.96. The van der Waals surface area contributed by atoms with Gasteiger partial charge >= 0.3 is 0 Å². The fourth-order valence-electron chi connectivity index (χ4n) is 1.80. The Morgan fingerprint density at radius 2 is 1.47 bits per heavy atom. The third-order valence-corrected chi connectivity index (χ3v) is 2.49. The van der Waals surface area contributed by atoms with Gasteiger partial charge in [-0.1, -0.05) is 39.0 Å². The maximum atomic E-state index is 8.87. The van der Waals surface area contributed by atoms with Crippen molar-refractivity contribution in [3.63, 3.8) is 0 Å². The smallest absolute Gasteiger partial charge is 0.0881 e. The summed E-state index contributed by atoms with van der Waals surface area (Å²) < 4.78 is 0. The molecule has 0 aromatic heterocycles. The lowest BCUT2D eigenvalue weighted by molar-refractivity contribution is 0.569. The Bertz CT molecular complexity index is 272. The first kappa shape index (κ1) is 14.1. The zero-order valence-corrected chi connectivity index (χ0v) is 12.3. The summed E-state index contributed by atoms with van der Waals surface area (Å²) in [4.78, 5) is 8.87. The van der Waals surface area contributed by atoms with E-state index >= 15 is 0 Å². The first-order valence-corrected chi connectivity index (χ1v) is 6.89. The first-order valence-electron chi connectivity index (χ1n) is 5.74. The topological polar surface area (TPSA) is 17.1 Å². The van der Waals surface area contributed by atoms with Crippen molar-refractivity contribution < 1.29 is 4.79 Å². The predicted molar refractivity (Wildman–Crippen MR) is 71.3 cm³/mol. The monoisotopic (exact) mass is 222 g/mol. The highest BCUT2D eigenvalue weighted by atomic mass is 28.1. The molecule has 1 nitrogen and oxygen atoms in total. The summed E-state index contributed by atoms with van der Waals surface area (Å²) >= 11 is 0. The van der Waals surface area contributed by atoms with E-state index in [0.717, 1.165) is 18.8 Å². The van der Waals surface area contributed by atoms with Crippen LogP contribution in [0.2, 0.25) is 0 Å². The van der Waals surface area contributed by atoms with Crippen molar-refractivity contribution in [2.45, 2.75) is 40.0 Å². The molecule has 0 aliphatic rings. The summed E-state index contributed by atoms with van der Waals surface area (Å²) in [6.45, 7) is 6.70. The second kappa shape index (κ2) is 8.42. The van der Waals surface area contributed by atoms with E-state index in [1.54, 1.807) is 5.56 Å². The van der Waals surface area contributed by atoms with Crippen LogP contribution in [0.3, 0.4) is 0 Å². The average Bonchev–Trinajstić information content (AvgIpc) is 2.28. The van der Waals surface area contributed by atoms with Gasteiger partial charge in [-0.05, 0) is 36.0 Å². The van der Waals surface area contributed by atoms with Crippen LogP contribution >= 0.6 is 0 Å². The van der Waals surface area contributed by atoms with Gasteiger partial charge in [0.05, 0.1) is 16.2 Å². The lowest BCUT2D eigenvalue weighted by Gasteiger charge is -2.10. The van der Waals surface area contributed by atoms with Gasteiger partial charge in [0.2, 0.25) is 0 Å². The summed E-state index contributed by atoms with van der Waals surface area (Å²) in [6, 6.07) is 6.67. The normalized spacial score (nSPS) is 9.27. The molecule has 1 aromatic rings. The Balaban J connectivity index is 0.000000583.